The first-order valence-electron chi connectivity index (χ1n) is 9.96. The van der Waals surface area contributed by atoms with Crippen LogP contribution in [0, 0.1) is 5.92 Å². The van der Waals surface area contributed by atoms with Crippen molar-refractivity contribution in [2.45, 2.75) is 12.8 Å². The van der Waals surface area contributed by atoms with E-state index in [1.165, 1.54) is 5.57 Å². The Labute approximate surface area is 171 Å². The van der Waals surface area contributed by atoms with Crippen molar-refractivity contribution in [2.24, 2.45) is 5.92 Å². The van der Waals surface area contributed by atoms with Gasteiger partial charge in [-0.2, -0.15) is 0 Å². The van der Waals surface area contributed by atoms with E-state index in [0.717, 1.165) is 42.8 Å². The molecule has 5 heteroatoms. The number of hydrogen-bond donors (Lipinski definition) is 1. The summed E-state index contributed by atoms with van der Waals surface area (Å²) in [5.41, 5.74) is 3.84. The van der Waals surface area contributed by atoms with Crippen LogP contribution in [0.4, 0.5) is 0 Å². The van der Waals surface area contributed by atoms with Gasteiger partial charge >= 0.3 is 0 Å². The molecular formula is C24H26N2O3. The molecule has 150 valence electrons. The van der Waals surface area contributed by atoms with Crippen molar-refractivity contribution in [1.82, 2.24) is 10.2 Å². The highest BCUT2D eigenvalue weighted by Gasteiger charge is 2.23. The van der Waals surface area contributed by atoms with Crippen LogP contribution in [0.1, 0.15) is 18.4 Å². The van der Waals surface area contributed by atoms with Crippen molar-refractivity contribution in [2.75, 3.05) is 27.3 Å². The molecule has 0 atom stereocenters. The Balaban J connectivity index is 1.65. The molecule has 0 spiro atoms. The number of nitrogens with one attached hydrogen (secondary N) is 1. The Morgan fingerprint density at radius 3 is 2.59 bits per heavy atom. The number of carbonyl (C=O) groups excluding carboxylic acids is 1. The maximum Gasteiger partial charge on any atom is 0.255 e. The van der Waals surface area contributed by atoms with Gasteiger partial charge in [0.1, 0.15) is 0 Å². The molecule has 5 nitrogen and oxygen atoms in total. The SMILES string of the molecule is COc1ccc(C2=CC(=O)N3C=C(C4CCNCC4)C=C/C3=C\C=C2)cc1OC. The zero-order chi connectivity index (χ0) is 20.2. The van der Waals surface area contributed by atoms with Crippen LogP contribution in [0.5, 0.6) is 11.5 Å². The molecule has 3 heterocycles. The lowest BCUT2D eigenvalue weighted by Gasteiger charge is -2.29. The summed E-state index contributed by atoms with van der Waals surface area (Å²) in [4.78, 5) is 14.9. The van der Waals surface area contributed by atoms with Crippen molar-refractivity contribution in [3.8, 4) is 11.5 Å². The van der Waals surface area contributed by atoms with E-state index in [9.17, 15) is 4.79 Å². The first-order chi connectivity index (χ1) is 14.2. The number of carbonyl (C=O) groups is 1. The van der Waals surface area contributed by atoms with Crippen LogP contribution in [-0.4, -0.2) is 38.1 Å². The van der Waals surface area contributed by atoms with Gasteiger partial charge in [-0.3, -0.25) is 9.69 Å². The number of amides is 1. The average Bonchev–Trinajstić information content (AvgIpc) is 2.77. The predicted molar refractivity (Wildman–Crippen MR) is 114 cm³/mol. The van der Waals surface area contributed by atoms with Crippen molar-refractivity contribution < 1.29 is 14.3 Å². The number of piperidine rings is 1. The van der Waals surface area contributed by atoms with E-state index in [1.807, 2.05) is 48.7 Å². The highest BCUT2D eigenvalue weighted by molar-refractivity contribution is 6.00. The normalized spacial score (nSPS) is 21.4. The second kappa shape index (κ2) is 8.53. The fourth-order valence-corrected chi connectivity index (χ4v) is 3.95. The van der Waals surface area contributed by atoms with Crippen LogP contribution in [0.15, 0.2) is 72.1 Å². The molecule has 29 heavy (non-hydrogen) atoms. The highest BCUT2D eigenvalue weighted by Crippen LogP contribution is 2.33. The van der Waals surface area contributed by atoms with Crippen LogP contribution in [0.2, 0.25) is 0 Å². The van der Waals surface area contributed by atoms with Gasteiger partial charge < -0.3 is 14.8 Å². The van der Waals surface area contributed by atoms with Crippen molar-refractivity contribution in [3.63, 3.8) is 0 Å². The molecule has 3 aliphatic rings. The molecule has 0 saturated carbocycles. The summed E-state index contributed by atoms with van der Waals surface area (Å²) < 4.78 is 10.7. The number of ether oxygens (including phenoxy) is 2. The summed E-state index contributed by atoms with van der Waals surface area (Å²) in [6.07, 6.45) is 16.0. The number of nitrogens with zero attached hydrogens (tertiary/aromatic N) is 1. The highest BCUT2D eigenvalue weighted by atomic mass is 16.5. The maximum atomic E-state index is 13.1. The molecule has 1 aromatic carbocycles. The van der Waals surface area contributed by atoms with E-state index in [1.54, 1.807) is 25.2 Å². The van der Waals surface area contributed by atoms with E-state index >= 15 is 0 Å². The van der Waals surface area contributed by atoms with E-state index in [0.29, 0.717) is 17.4 Å². The molecule has 1 N–H and O–H groups in total. The van der Waals surface area contributed by atoms with Gasteiger partial charge in [0, 0.05) is 18.0 Å². The number of methoxy groups -OCH3 is 2. The summed E-state index contributed by atoms with van der Waals surface area (Å²) in [5.74, 6) is 1.74. The lowest BCUT2D eigenvalue weighted by Crippen LogP contribution is -2.31. The predicted octanol–water partition coefficient (Wildman–Crippen LogP) is 3.82. The number of hydrogen-bond acceptors (Lipinski definition) is 4. The topological polar surface area (TPSA) is 50.8 Å². The Kier molecular flexibility index (Phi) is 5.67. The van der Waals surface area contributed by atoms with Crippen molar-refractivity contribution in [1.29, 1.82) is 0 Å². The second-order valence-electron chi connectivity index (χ2n) is 7.32. The van der Waals surface area contributed by atoms with Crippen LogP contribution in [0.25, 0.3) is 5.57 Å². The van der Waals surface area contributed by atoms with E-state index in [2.05, 4.69) is 11.4 Å². The molecule has 0 unspecified atom stereocenters. The first kappa shape index (κ1) is 19.3. The Morgan fingerprint density at radius 2 is 1.83 bits per heavy atom. The average molecular weight is 390 g/mol. The van der Waals surface area contributed by atoms with Gasteiger partial charge in [-0.05, 0) is 72.8 Å². The molecule has 1 aromatic rings. The van der Waals surface area contributed by atoms with E-state index in [4.69, 9.17) is 9.47 Å². The smallest absolute Gasteiger partial charge is 0.255 e. The fourth-order valence-electron chi connectivity index (χ4n) is 3.95. The lowest BCUT2D eigenvalue weighted by molar-refractivity contribution is -0.122. The van der Waals surface area contributed by atoms with Gasteiger partial charge in [0.15, 0.2) is 11.5 Å². The molecule has 1 saturated heterocycles. The Bertz CT molecular complexity index is 947. The number of fused-ring (bicyclic) bond motifs is 1. The van der Waals surface area contributed by atoms with Gasteiger partial charge in [-0.15, -0.1) is 0 Å². The third-order valence-electron chi connectivity index (χ3n) is 5.59. The quantitative estimate of drug-likeness (QED) is 0.849. The molecule has 1 fully saturated rings. The van der Waals surface area contributed by atoms with Crippen LogP contribution in [0.3, 0.4) is 0 Å². The summed E-state index contributed by atoms with van der Waals surface area (Å²) >= 11 is 0. The maximum absolute atomic E-state index is 13.1. The standard InChI is InChI=1S/C24H26N2O3/c1-28-22-9-7-19(14-23(22)29-2)18-4-3-5-21-8-6-20(16-26(21)24(27)15-18)17-10-12-25-13-11-17/h3-9,14-17,25H,10-13H2,1-2H3/b4-3?,18-15?,21-5+. The Hall–Kier alpha value is -3.05. The van der Waals surface area contributed by atoms with Gasteiger partial charge in [0.05, 0.1) is 14.2 Å². The zero-order valence-electron chi connectivity index (χ0n) is 16.9. The fraction of sp³-hybridized carbons (Fsp3) is 0.292. The zero-order valence-corrected chi connectivity index (χ0v) is 16.9. The molecule has 3 aliphatic heterocycles. The van der Waals surface area contributed by atoms with Crippen LogP contribution in [-0.2, 0) is 4.79 Å². The Morgan fingerprint density at radius 1 is 1.03 bits per heavy atom. The summed E-state index contributed by atoms with van der Waals surface area (Å²) in [6.45, 7) is 2.05. The van der Waals surface area contributed by atoms with Gasteiger partial charge in [0.25, 0.3) is 5.91 Å². The largest absolute Gasteiger partial charge is 0.493 e. The third kappa shape index (κ3) is 4.05. The summed E-state index contributed by atoms with van der Waals surface area (Å²) in [6, 6.07) is 5.68. The number of rotatable bonds is 4. The van der Waals surface area contributed by atoms with Crippen molar-refractivity contribution >= 4 is 11.5 Å². The van der Waals surface area contributed by atoms with Gasteiger partial charge in [-0.25, -0.2) is 0 Å². The van der Waals surface area contributed by atoms with Crippen LogP contribution < -0.4 is 14.8 Å². The molecule has 0 radical (unpaired) electrons. The molecule has 4 rings (SSSR count). The van der Waals surface area contributed by atoms with E-state index < -0.39 is 0 Å². The van der Waals surface area contributed by atoms with Crippen molar-refractivity contribution in [3.05, 3.63) is 77.7 Å². The summed E-state index contributed by atoms with van der Waals surface area (Å²) in [7, 11) is 3.22. The second-order valence-corrected chi connectivity index (χ2v) is 7.32. The molecule has 0 aliphatic carbocycles. The first-order valence-corrected chi connectivity index (χ1v) is 9.96. The van der Waals surface area contributed by atoms with Gasteiger partial charge in [0.2, 0.25) is 0 Å². The number of allylic oxidation sites excluding steroid dienone is 7. The third-order valence-corrected chi connectivity index (χ3v) is 5.59. The minimum atomic E-state index is -0.0545. The van der Waals surface area contributed by atoms with Gasteiger partial charge in [-0.1, -0.05) is 24.3 Å². The molecule has 0 bridgehead atoms. The summed E-state index contributed by atoms with van der Waals surface area (Å²) in [5, 5.41) is 3.40. The minimum Gasteiger partial charge on any atom is -0.493 e. The van der Waals surface area contributed by atoms with Crippen LogP contribution >= 0.6 is 0 Å². The lowest BCUT2D eigenvalue weighted by atomic mass is 9.88. The van der Waals surface area contributed by atoms with E-state index in [-0.39, 0.29) is 5.91 Å². The minimum absolute atomic E-state index is 0.0545. The molecule has 1 amide bonds. The molecular weight excluding hydrogens is 364 g/mol. The molecule has 0 aromatic heterocycles. The number of benzene rings is 1. The monoisotopic (exact) mass is 390 g/mol.